The van der Waals surface area contributed by atoms with Crippen LogP contribution in [0.2, 0.25) is 0 Å². The van der Waals surface area contributed by atoms with E-state index in [-0.39, 0.29) is 5.54 Å². The van der Waals surface area contributed by atoms with Gasteiger partial charge in [-0.15, -0.1) is 0 Å². The van der Waals surface area contributed by atoms with Gasteiger partial charge in [0.25, 0.3) is 0 Å². The predicted octanol–water partition coefficient (Wildman–Crippen LogP) is 3.64. The van der Waals surface area contributed by atoms with E-state index >= 15 is 0 Å². The molecule has 0 saturated carbocycles. The zero-order valence-corrected chi connectivity index (χ0v) is 14.0. The van der Waals surface area contributed by atoms with Gasteiger partial charge in [0.1, 0.15) is 0 Å². The molecular formula is C19H30N2. The van der Waals surface area contributed by atoms with Gasteiger partial charge < -0.3 is 5.32 Å². The van der Waals surface area contributed by atoms with E-state index in [1.165, 1.54) is 17.6 Å². The van der Waals surface area contributed by atoms with Gasteiger partial charge in [-0.05, 0) is 39.2 Å². The highest BCUT2D eigenvalue weighted by Gasteiger charge is 2.33. The van der Waals surface area contributed by atoms with E-state index < -0.39 is 0 Å². The molecule has 2 rings (SSSR count). The molecule has 2 atom stereocenters. The van der Waals surface area contributed by atoms with Crippen LogP contribution in [0.25, 0.3) is 0 Å². The van der Waals surface area contributed by atoms with E-state index in [1.54, 1.807) is 0 Å². The summed E-state index contributed by atoms with van der Waals surface area (Å²) in [7, 11) is 0. The predicted molar refractivity (Wildman–Crippen MR) is 91.6 cm³/mol. The lowest BCUT2D eigenvalue weighted by atomic mass is 9.91. The van der Waals surface area contributed by atoms with E-state index in [1.807, 2.05) is 0 Å². The summed E-state index contributed by atoms with van der Waals surface area (Å²) in [5, 5.41) is 3.77. The fourth-order valence-corrected chi connectivity index (χ4v) is 2.96. The summed E-state index contributed by atoms with van der Waals surface area (Å²) in [6.07, 6.45) is 4.67. The average molecular weight is 286 g/mol. The van der Waals surface area contributed by atoms with Gasteiger partial charge in [0.2, 0.25) is 0 Å². The summed E-state index contributed by atoms with van der Waals surface area (Å²) in [6.45, 7) is 12.3. The maximum absolute atomic E-state index is 3.77. The van der Waals surface area contributed by atoms with Gasteiger partial charge in [0, 0.05) is 31.2 Å². The number of benzene rings is 1. The molecule has 2 heteroatoms. The van der Waals surface area contributed by atoms with Crippen molar-refractivity contribution in [2.24, 2.45) is 0 Å². The zero-order chi connectivity index (χ0) is 15.3. The molecule has 1 aromatic rings. The zero-order valence-electron chi connectivity index (χ0n) is 14.0. The van der Waals surface area contributed by atoms with Crippen LogP contribution < -0.4 is 5.32 Å². The molecule has 1 aliphatic heterocycles. The highest BCUT2D eigenvalue weighted by Crippen LogP contribution is 2.21. The van der Waals surface area contributed by atoms with Crippen LogP contribution in [0.3, 0.4) is 0 Å². The van der Waals surface area contributed by atoms with Gasteiger partial charge in [0.05, 0.1) is 0 Å². The first-order chi connectivity index (χ1) is 10.0. The molecule has 0 aliphatic carbocycles. The van der Waals surface area contributed by atoms with Crippen LogP contribution >= 0.6 is 0 Å². The van der Waals surface area contributed by atoms with Crippen molar-refractivity contribution in [2.45, 2.75) is 52.1 Å². The average Bonchev–Trinajstić information content (AvgIpc) is 2.49. The normalized spacial score (nSPS) is 26.6. The molecule has 0 aromatic heterocycles. The van der Waals surface area contributed by atoms with E-state index in [9.17, 15) is 0 Å². The Morgan fingerprint density at radius 3 is 2.67 bits per heavy atom. The Kier molecular flexibility index (Phi) is 5.60. The molecule has 2 nitrogen and oxygen atoms in total. The Balaban J connectivity index is 2.08. The third-order valence-corrected chi connectivity index (χ3v) is 4.66. The molecule has 0 amide bonds. The number of nitrogens with zero attached hydrogens (tertiary/aromatic N) is 1. The summed E-state index contributed by atoms with van der Waals surface area (Å²) in [5.41, 5.74) is 3.10. The minimum Gasteiger partial charge on any atom is -0.309 e. The first-order valence-corrected chi connectivity index (χ1v) is 8.19. The summed E-state index contributed by atoms with van der Waals surface area (Å²) in [4.78, 5) is 2.65. The highest BCUT2D eigenvalue weighted by atomic mass is 15.2. The number of nitrogens with one attached hydrogen (secondary N) is 1. The van der Waals surface area contributed by atoms with Crippen LogP contribution in [0, 0.1) is 0 Å². The van der Waals surface area contributed by atoms with Gasteiger partial charge in [-0.1, -0.05) is 48.9 Å². The van der Waals surface area contributed by atoms with Crippen LogP contribution in [0.1, 0.15) is 39.7 Å². The molecule has 0 spiro atoms. The molecule has 21 heavy (non-hydrogen) atoms. The number of rotatable bonds is 5. The molecular weight excluding hydrogens is 256 g/mol. The maximum atomic E-state index is 3.77. The number of hydrogen-bond acceptors (Lipinski definition) is 2. The molecule has 1 aromatic carbocycles. The van der Waals surface area contributed by atoms with E-state index in [2.05, 4.69) is 74.3 Å². The molecule has 1 heterocycles. The van der Waals surface area contributed by atoms with Crippen LogP contribution in [0.4, 0.5) is 0 Å². The molecule has 0 bridgehead atoms. The summed E-state index contributed by atoms with van der Waals surface area (Å²) >= 11 is 0. The first-order valence-electron chi connectivity index (χ1n) is 8.19. The highest BCUT2D eigenvalue weighted by molar-refractivity contribution is 5.17. The Morgan fingerprint density at radius 1 is 1.33 bits per heavy atom. The van der Waals surface area contributed by atoms with Crippen molar-refractivity contribution < 1.29 is 0 Å². The van der Waals surface area contributed by atoms with Crippen molar-refractivity contribution >= 4 is 0 Å². The first kappa shape index (κ1) is 16.3. The van der Waals surface area contributed by atoms with Crippen molar-refractivity contribution in [3.05, 3.63) is 47.5 Å². The van der Waals surface area contributed by atoms with Crippen molar-refractivity contribution in [3.63, 3.8) is 0 Å². The third kappa shape index (κ3) is 4.69. The summed E-state index contributed by atoms with van der Waals surface area (Å²) in [5.74, 6) is 0. The second-order valence-corrected chi connectivity index (χ2v) is 6.85. The van der Waals surface area contributed by atoms with Crippen LogP contribution in [0.5, 0.6) is 0 Å². The van der Waals surface area contributed by atoms with E-state index in [0.717, 1.165) is 26.1 Å². The van der Waals surface area contributed by atoms with E-state index in [0.29, 0.717) is 6.04 Å². The molecule has 1 fully saturated rings. The van der Waals surface area contributed by atoms with Gasteiger partial charge in [-0.3, -0.25) is 4.90 Å². The topological polar surface area (TPSA) is 15.3 Å². The minimum atomic E-state index is 0.253. The van der Waals surface area contributed by atoms with Gasteiger partial charge in [-0.25, -0.2) is 0 Å². The molecule has 1 N–H and O–H groups in total. The molecule has 1 saturated heterocycles. The molecule has 1 aliphatic rings. The summed E-state index contributed by atoms with van der Waals surface area (Å²) in [6, 6.07) is 11.4. The monoisotopic (exact) mass is 286 g/mol. The third-order valence-electron chi connectivity index (χ3n) is 4.66. The van der Waals surface area contributed by atoms with Gasteiger partial charge in [-0.2, -0.15) is 0 Å². The smallest absolute Gasteiger partial charge is 0.0278 e. The quantitative estimate of drug-likeness (QED) is 0.831. The Labute approximate surface area is 130 Å². The van der Waals surface area contributed by atoms with E-state index in [4.69, 9.17) is 0 Å². The second kappa shape index (κ2) is 7.24. The number of hydrogen-bond donors (Lipinski definition) is 1. The lowest BCUT2D eigenvalue weighted by Gasteiger charge is -2.46. The van der Waals surface area contributed by atoms with Gasteiger partial charge in [0.15, 0.2) is 0 Å². The maximum Gasteiger partial charge on any atom is 0.0278 e. The largest absolute Gasteiger partial charge is 0.309 e. The van der Waals surface area contributed by atoms with Crippen molar-refractivity contribution in [3.8, 4) is 0 Å². The second-order valence-electron chi connectivity index (χ2n) is 6.85. The fraction of sp³-hybridized carbons (Fsp3) is 0.579. The Bertz CT molecular complexity index is 462. The van der Waals surface area contributed by atoms with Crippen LogP contribution in [0.15, 0.2) is 42.0 Å². The number of piperazine rings is 1. The Morgan fingerprint density at radius 2 is 2.05 bits per heavy atom. The SMILES string of the molecule is CCC1(C)CN(CC=C(C)C)C(Cc2ccccc2)CN1. The van der Waals surface area contributed by atoms with Crippen LogP contribution in [-0.2, 0) is 6.42 Å². The standard InChI is InChI=1S/C19H30N2/c1-5-19(4)15-21(12-11-16(2)3)18(14-20-19)13-17-9-7-6-8-10-17/h6-11,18,20H,5,12-15H2,1-4H3. The number of allylic oxidation sites excluding steroid dienone is 1. The molecule has 2 unspecified atom stereocenters. The minimum absolute atomic E-state index is 0.253. The van der Waals surface area contributed by atoms with Crippen molar-refractivity contribution in [1.29, 1.82) is 0 Å². The lowest BCUT2D eigenvalue weighted by molar-refractivity contribution is 0.0953. The molecule has 116 valence electrons. The summed E-state index contributed by atoms with van der Waals surface area (Å²) < 4.78 is 0. The Hall–Kier alpha value is -1.12. The van der Waals surface area contributed by atoms with Crippen molar-refractivity contribution in [2.75, 3.05) is 19.6 Å². The molecule has 0 radical (unpaired) electrons. The fourth-order valence-electron chi connectivity index (χ4n) is 2.96. The van der Waals surface area contributed by atoms with Crippen LogP contribution in [-0.4, -0.2) is 36.1 Å². The lowest BCUT2D eigenvalue weighted by Crippen LogP contribution is -2.63. The van der Waals surface area contributed by atoms with Crippen molar-refractivity contribution in [1.82, 2.24) is 10.2 Å². The van der Waals surface area contributed by atoms with Gasteiger partial charge >= 0.3 is 0 Å².